The molecule has 0 spiro atoms. The van der Waals surface area contributed by atoms with Gasteiger partial charge in [0.05, 0.1) is 11.9 Å². The standard InChI is InChI=1S/C15H22N4O2/c20-14-8-13(16-9-12-4-5-12)10-17-19(14)11-15(21)18-6-2-1-3-7-18/h8,10,12,16H,1-7,9,11H2. The number of carbonyl (C=O) groups is 1. The number of carbonyl (C=O) groups excluding carboxylic acids is 1. The second-order valence-corrected chi connectivity index (χ2v) is 6.01. The quantitative estimate of drug-likeness (QED) is 0.881. The summed E-state index contributed by atoms with van der Waals surface area (Å²) in [6.07, 6.45) is 7.45. The van der Waals surface area contributed by atoms with Gasteiger partial charge < -0.3 is 10.2 Å². The second-order valence-electron chi connectivity index (χ2n) is 6.01. The Hall–Kier alpha value is -1.85. The van der Waals surface area contributed by atoms with Crippen LogP contribution < -0.4 is 10.9 Å². The topological polar surface area (TPSA) is 67.2 Å². The molecule has 3 rings (SSSR count). The predicted octanol–water partition coefficient (Wildman–Crippen LogP) is 1.08. The van der Waals surface area contributed by atoms with Gasteiger partial charge in [-0.3, -0.25) is 9.59 Å². The highest BCUT2D eigenvalue weighted by molar-refractivity contribution is 5.75. The van der Waals surface area contributed by atoms with E-state index in [0.29, 0.717) is 0 Å². The zero-order valence-electron chi connectivity index (χ0n) is 12.3. The fraction of sp³-hybridized carbons (Fsp3) is 0.667. The van der Waals surface area contributed by atoms with Crippen LogP contribution in [0.4, 0.5) is 5.69 Å². The first kappa shape index (κ1) is 14.1. The Bertz CT molecular complexity index is 559. The largest absolute Gasteiger partial charge is 0.383 e. The van der Waals surface area contributed by atoms with Crippen molar-refractivity contribution in [2.24, 2.45) is 5.92 Å². The van der Waals surface area contributed by atoms with Crippen LogP contribution in [-0.4, -0.2) is 40.2 Å². The molecule has 1 amide bonds. The van der Waals surface area contributed by atoms with Gasteiger partial charge in [-0.2, -0.15) is 5.10 Å². The summed E-state index contributed by atoms with van der Waals surface area (Å²) in [5.74, 6) is 0.733. The van der Waals surface area contributed by atoms with Gasteiger partial charge in [0.15, 0.2) is 0 Å². The number of amides is 1. The maximum atomic E-state index is 12.1. The average molecular weight is 290 g/mol. The lowest BCUT2D eigenvalue weighted by atomic mass is 10.1. The van der Waals surface area contributed by atoms with Crippen molar-refractivity contribution in [3.05, 3.63) is 22.6 Å². The molecule has 1 aromatic rings. The van der Waals surface area contributed by atoms with Crippen molar-refractivity contribution in [2.45, 2.75) is 38.6 Å². The van der Waals surface area contributed by atoms with E-state index in [0.717, 1.165) is 44.1 Å². The highest BCUT2D eigenvalue weighted by Gasteiger charge is 2.21. The molecule has 0 radical (unpaired) electrons. The van der Waals surface area contributed by atoms with Gasteiger partial charge in [0.25, 0.3) is 5.56 Å². The molecule has 21 heavy (non-hydrogen) atoms. The van der Waals surface area contributed by atoms with E-state index in [1.54, 1.807) is 6.20 Å². The summed E-state index contributed by atoms with van der Waals surface area (Å²) in [6.45, 7) is 2.54. The van der Waals surface area contributed by atoms with Crippen LogP contribution in [0.2, 0.25) is 0 Å². The van der Waals surface area contributed by atoms with Gasteiger partial charge in [-0.25, -0.2) is 4.68 Å². The first-order valence-corrected chi connectivity index (χ1v) is 7.81. The van der Waals surface area contributed by atoms with Gasteiger partial charge in [-0.15, -0.1) is 0 Å². The minimum atomic E-state index is -0.221. The number of nitrogens with zero attached hydrogens (tertiary/aromatic N) is 3. The zero-order valence-corrected chi connectivity index (χ0v) is 12.3. The highest BCUT2D eigenvalue weighted by Crippen LogP contribution is 2.28. The normalized spacial score (nSPS) is 18.6. The highest BCUT2D eigenvalue weighted by atomic mass is 16.2. The number of piperidine rings is 1. The van der Waals surface area contributed by atoms with Crippen LogP contribution in [0.25, 0.3) is 0 Å². The molecule has 1 saturated heterocycles. The summed E-state index contributed by atoms with van der Waals surface area (Å²) >= 11 is 0. The summed E-state index contributed by atoms with van der Waals surface area (Å²) in [4.78, 5) is 26.0. The van der Waals surface area contributed by atoms with Crippen molar-refractivity contribution in [1.29, 1.82) is 0 Å². The van der Waals surface area contributed by atoms with E-state index in [9.17, 15) is 9.59 Å². The number of rotatable bonds is 5. The van der Waals surface area contributed by atoms with Crippen LogP contribution in [0.5, 0.6) is 0 Å². The van der Waals surface area contributed by atoms with Crippen LogP contribution in [0.3, 0.4) is 0 Å². The molecule has 1 aliphatic heterocycles. The molecule has 2 aliphatic rings. The van der Waals surface area contributed by atoms with Gasteiger partial charge >= 0.3 is 0 Å². The molecule has 1 N–H and O–H groups in total. The third-order valence-corrected chi connectivity index (χ3v) is 4.16. The van der Waals surface area contributed by atoms with Gasteiger partial charge in [0.1, 0.15) is 6.54 Å². The van der Waals surface area contributed by atoms with Crippen molar-refractivity contribution in [2.75, 3.05) is 25.0 Å². The molecule has 1 saturated carbocycles. The Morgan fingerprint density at radius 2 is 2.05 bits per heavy atom. The molecule has 0 unspecified atom stereocenters. The van der Waals surface area contributed by atoms with Crippen molar-refractivity contribution >= 4 is 11.6 Å². The SMILES string of the molecule is O=C(Cn1ncc(NCC2CC2)cc1=O)N1CCCCC1. The van der Waals surface area contributed by atoms with E-state index >= 15 is 0 Å². The summed E-state index contributed by atoms with van der Waals surface area (Å²) in [5, 5.41) is 7.33. The van der Waals surface area contributed by atoms with Crippen LogP contribution in [0, 0.1) is 5.92 Å². The number of hydrogen-bond acceptors (Lipinski definition) is 4. The Kier molecular flexibility index (Phi) is 4.22. The lowest BCUT2D eigenvalue weighted by Crippen LogP contribution is -2.40. The lowest BCUT2D eigenvalue weighted by molar-refractivity contribution is -0.133. The van der Waals surface area contributed by atoms with Crippen molar-refractivity contribution in [3.63, 3.8) is 0 Å². The summed E-state index contributed by atoms with van der Waals surface area (Å²) < 4.78 is 1.25. The molecular formula is C15H22N4O2. The molecule has 1 aromatic heterocycles. The van der Waals surface area contributed by atoms with Gasteiger partial charge in [-0.1, -0.05) is 0 Å². The maximum absolute atomic E-state index is 12.1. The van der Waals surface area contributed by atoms with Crippen LogP contribution in [0.1, 0.15) is 32.1 Å². The number of hydrogen-bond donors (Lipinski definition) is 1. The van der Waals surface area contributed by atoms with E-state index in [2.05, 4.69) is 10.4 Å². The van der Waals surface area contributed by atoms with Crippen LogP contribution in [-0.2, 0) is 11.3 Å². The molecule has 0 bridgehead atoms. The molecular weight excluding hydrogens is 268 g/mol. The fourth-order valence-electron chi connectivity index (χ4n) is 2.60. The van der Waals surface area contributed by atoms with Crippen molar-refractivity contribution in [3.8, 4) is 0 Å². The van der Waals surface area contributed by atoms with Crippen molar-refractivity contribution < 1.29 is 4.79 Å². The van der Waals surface area contributed by atoms with Gasteiger partial charge in [-0.05, 0) is 38.0 Å². The Morgan fingerprint density at radius 3 is 2.71 bits per heavy atom. The van der Waals surface area contributed by atoms with Crippen LogP contribution in [0.15, 0.2) is 17.1 Å². The molecule has 1 aliphatic carbocycles. The maximum Gasteiger partial charge on any atom is 0.269 e. The average Bonchev–Trinajstić information content (AvgIpc) is 3.33. The van der Waals surface area contributed by atoms with E-state index in [1.165, 1.54) is 30.0 Å². The molecule has 6 nitrogen and oxygen atoms in total. The Morgan fingerprint density at radius 1 is 1.29 bits per heavy atom. The van der Waals surface area contributed by atoms with Gasteiger partial charge in [0, 0.05) is 25.7 Å². The Balaban J connectivity index is 1.59. The monoisotopic (exact) mass is 290 g/mol. The fourth-order valence-corrected chi connectivity index (χ4v) is 2.60. The van der Waals surface area contributed by atoms with Gasteiger partial charge in [0.2, 0.25) is 5.91 Å². The Labute approximate surface area is 124 Å². The van der Waals surface area contributed by atoms with Crippen molar-refractivity contribution in [1.82, 2.24) is 14.7 Å². The molecule has 2 fully saturated rings. The lowest BCUT2D eigenvalue weighted by Gasteiger charge is -2.26. The number of anilines is 1. The number of nitrogens with one attached hydrogen (secondary N) is 1. The summed E-state index contributed by atoms with van der Waals surface area (Å²) in [5.41, 5.74) is 0.523. The molecule has 0 aromatic carbocycles. The first-order valence-electron chi connectivity index (χ1n) is 7.81. The third-order valence-electron chi connectivity index (χ3n) is 4.16. The first-order chi connectivity index (χ1) is 10.2. The third kappa shape index (κ3) is 3.83. The number of aromatic nitrogens is 2. The van der Waals surface area contributed by atoms with Crippen LogP contribution >= 0.6 is 0 Å². The molecule has 2 heterocycles. The predicted molar refractivity (Wildman–Crippen MR) is 80.1 cm³/mol. The van der Waals surface area contributed by atoms with E-state index in [1.807, 2.05) is 4.90 Å². The minimum Gasteiger partial charge on any atom is -0.383 e. The van der Waals surface area contributed by atoms with E-state index in [-0.39, 0.29) is 18.0 Å². The molecule has 6 heteroatoms. The summed E-state index contributed by atoms with van der Waals surface area (Å²) in [6, 6.07) is 1.53. The smallest absolute Gasteiger partial charge is 0.269 e. The number of likely N-dealkylation sites (tertiary alicyclic amines) is 1. The molecule has 0 atom stereocenters. The summed E-state index contributed by atoms with van der Waals surface area (Å²) in [7, 11) is 0. The van der Waals surface area contributed by atoms with E-state index < -0.39 is 0 Å². The minimum absolute atomic E-state index is 0.0111. The van der Waals surface area contributed by atoms with E-state index in [4.69, 9.17) is 0 Å². The zero-order chi connectivity index (χ0) is 14.7. The second kappa shape index (κ2) is 6.28. The molecule has 114 valence electrons.